The molecule has 3 rings (SSSR count). The average molecular weight is 331 g/mol. The Balaban J connectivity index is 1.67. The minimum Gasteiger partial charge on any atom is -0.543 e. The molecule has 1 fully saturated rings. The number of aliphatic carboxylic acids is 1. The highest BCUT2D eigenvalue weighted by Crippen LogP contribution is 2.39. The monoisotopic (exact) mass is 331 g/mol. The highest BCUT2D eigenvalue weighted by Gasteiger charge is 2.52. The average Bonchev–Trinajstić information content (AvgIpc) is 2.53. The van der Waals surface area contributed by atoms with Crippen LogP contribution in [-0.4, -0.2) is 39.9 Å². The first-order valence-electron chi connectivity index (χ1n) is 7.18. The molecule has 2 amide bonds. The summed E-state index contributed by atoms with van der Waals surface area (Å²) in [6.45, 7) is 1.67. The Kier molecular flexibility index (Phi) is 4.12. The van der Waals surface area contributed by atoms with Crippen molar-refractivity contribution in [3.05, 3.63) is 47.2 Å². The van der Waals surface area contributed by atoms with Crippen LogP contribution in [0.2, 0.25) is 0 Å². The van der Waals surface area contributed by atoms with Gasteiger partial charge in [0, 0.05) is 5.75 Å². The number of carbonyl (C=O) groups is 3. The third kappa shape index (κ3) is 2.84. The van der Waals surface area contributed by atoms with Crippen molar-refractivity contribution >= 4 is 29.5 Å². The van der Waals surface area contributed by atoms with Gasteiger partial charge in [-0.3, -0.25) is 14.5 Å². The molecule has 0 aromatic heterocycles. The van der Waals surface area contributed by atoms with Crippen LogP contribution in [0.4, 0.5) is 0 Å². The molecule has 23 heavy (non-hydrogen) atoms. The smallest absolute Gasteiger partial charge is 0.253 e. The summed E-state index contributed by atoms with van der Waals surface area (Å²) in [5, 5.41) is 13.5. The molecule has 0 bridgehead atoms. The molecule has 2 aliphatic rings. The van der Waals surface area contributed by atoms with Crippen molar-refractivity contribution < 1.29 is 19.5 Å². The summed E-state index contributed by atoms with van der Waals surface area (Å²) in [5.41, 5.74) is 1.40. The highest BCUT2D eigenvalue weighted by molar-refractivity contribution is 8.00. The number of β-lactam (4-membered cyclic amide) rings is 1. The lowest BCUT2D eigenvalue weighted by Gasteiger charge is -2.50. The topological polar surface area (TPSA) is 89.5 Å². The molecule has 1 N–H and O–H groups in total. The summed E-state index contributed by atoms with van der Waals surface area (Å²) < 4.78 is 0. The molecule has 0 saturated carbocycles. The minimum atomic E-state index is -1.35. The largest absolute Gasteiger partial charge is 0.543 e. The molecule has 0 unspecified atom stereocenters. The second-order valence-corrected chi connectivity index (χ2v) is 6.64. The first-order valence-corrected chi connectivity index (χ1v) is 8.23. The molecule has 1 saturated heterocycles. The first kappa shape index (κ1) is 15.6. The summed E-state index contributed by atoms with van der Waals surface area (Å²) in [6, 6.07) is 8.54. The Morgan fingerprint density at radius 3 is 2.70 bits per heavy atom. The van der Waals surface area contributed by atoms with Crippen LogP contribution in [0.15, 0.2) is 41.6 Å². The number of hydrogen-bond acceptors (Lipinski definition) is 5. The summed E-state index contributed by atoms with van der Waals surface area (Å²) in [6.07, 6.45) is 0.185. The van der Waals surface area contributed by atoms with E-state index in [4.69, 9.17) is 0 Å². The first-order chi connectivity index (χ1) is 11.0. The van der Waals surface area contributed by atoms with Gasteiger partial charge in [0.25, 0.3) is 5.91 Å². The molecule has 2 aliphatic heterocycles. The van der Waals surface area contributed by atoms with Crippen LogP contribution in [-0.2, 0) is 20.8 Å². The van der Waals surface area contributed by atoms with Crippen LogP contribution in [0, 0.1) is 0 Å². The second kappa shape index (κ2) is 6.08. The molecule has 1 aromatic rings. The van der Waals surface area contributed by atoms with Gasteiger partial charge in [-0.1, -0.05) is 30.3 Å². The van der Waals surface area contributed by atoms with E-state index in [9.17, 15) is 19.5 Å². The maximum atomic E-state index is 12.2. The van der Waals surface area contributed by atoms with Gasteiger partial charge in [0.05, 0.1) is 18.1 Å². The van der Waals surface area contributed by atoms with Crippen LogP contribution < -0.4 is 10.4 Å². The molecule has 0 radical (unpaired) electrons. The zero-order valence-corrected chi connectivity index (χ0v) is 13.3. The van der Waals surface area contributed by atoms with Crippen LogP contribution in [0.1, 0.15) is 12.5 Å². The molecule has 2 atom stereocenters. The molecule has 2 heterocycles. The highest BCUT2D eigenvalue weighted by atomic mass is 32.2. The number of amides is 2. The van der Waals surface area contributed by atoms with Crippen molar-refractivity contribution in [2.75, 3.05) is 5.75 Å². The second-order valence-electron chi connectivity index (χ2n) is 5.53. The third-order valence-electron chi connectivity index (χ3n) is 3.88. The van der Waals surface area contributed by atoms with Gasteiger partial charge < -0.3 is 15.2 Å². The van der Waals surface area contributed by atoms with Gasteiger partial charge in [-0.2, -0.15) is 0 Å². The van der Waals surface area contributed by atoms with Crippen molar-refractivity contribution in [1.29, 1.82) is 0 Å². The lowest BCUT2D eigenvalue weighted by Crippen LogP contribution is -2.71. The Labute approximate surface area is 137 Å². The van der Waals surface area contributed by atoms with Gasteiger partial charge in [-0.15, -0.1) is 11.8 Å². The minimum absolute atomic E-state index is 0.0627. The fraction of sp³-hybridized carbons (Fsp3) is 0.312. The number of hydrogen-bond donors (Lipinski definition) is 1. The predicted octanol–water partition coefficient (Wildman–Crippen LogP) is -0.347. The van der Waals surface area contributed by atoms with Gasteiger partial charge in [0.15, 0.2) is 0 Å². The van der Waals surface area contributed by atoms with Gasteiger partial charge in [0.2, 0.25) is 5.91 Å². The van der Waals surface area contributed by atoms with Crippen molar-refractivity contribution in [2.45, 2.75) is 24.8 Å². The molecular formula is C16H15N2O4S-. The molecule has 6 nitrogen and oxygen atoms in total. The molecule has 0 aliphatic carbocycles. The van der Waals surface area contributed by atoms with Crippen molar-refractivity contribution in [2.24, 2.45) is 0 Å². The summed E-state index contributed by atoms with van der Waals surface area (Å²) >= 11 is 1.44. The number of thioether (sulfide) groups is 1. The van der Waals surface area contributed by atoms with E-state index in [2.05, 4.69) is 5.32 Å². The lowest BCUT2D eigenvalue weighted by atomic mass is 10.0. The van der Waals surface area contributed by atoms with Gasteiger partial charge >= 0.3 is 0 Å². The Morgan fingerprint density at radius 2 is 2.04 bits per heavy atom. The van der Waals surface area contributed by atoms with E-state index in [-0.39, 0.29) is 23.4 Å². The Bertz CT molecular complexity index is 701. The Morgan fingerprint density at radius 1 is 1.35 bits per heavy atom. The quantitative estimate of drug-likeness (QED) is 0.762. The van der Waals surface area contributed by atoms with Crippen molar-refractivity contribution in [1.82, 2.24) is 10.2 Å². The van der Waals surface area contributed by atoms with Crippen molar-refractivity contribution in [3.63, 3.8) is 0 Å². The number of carboxylic acid groups (broad SMARTS) is 1. The summed E-state index contributed by atoms with van der Waals surface area (Å²) in [4.78, 5) is 36.7. The number of nitrogens with one attached hydrogen (secondary N) is 1. The summed E-state index contributed by atoms with van der Waals surface area (Å²) in [7, 11) is 0. The number of benzene rings is 1. The van der Waals surface area contributed by atoms with E-state index in [0.717, 1.165) is 5.56 Å². The lowest BCUT2D eigenvalue weighted by molar-refractivity contribution is -0.301. The van der Waals surface area contributed by atoms with E-state index in [1.807, 2.05) is 30.3 Å². The van der Waals surface area contributed by atoms with Crippen molar-refractivity contribution in [3.8, 4) is 0 Å². The molecule has 7 heteroatoms. The fourth-order valence-corrected chi connectivity index (χ4v) is 4.06. The Hall–Kier alpha value is -2.28. The predicted molar refractivity (Wildman–Crippen MR) is 82.9 cm³/mol. The number of carboxylic acids is 1. The van der Waals surface area contributed by atoms with Crippen LogP contribution in [0.3, 0.4) is 0 Å². The maximum Gasteiger partial charge on any atom is 0.253 e. The molecule has 1 aromatic carbocycles. The zero-order chi connectivity index (χ0) is 16.6. The van der Waals surface area contributed by atoms with E-state index >= 15 is 0 Å². The molecular weight excluding hydrogens is 316 g/mol. The van der Waals surface area contributed by atoms with Gasteiger partial charge in [-0.05, 0) is 18.1 Å². The molecule has 0 spiro atoms. The SMILES string of the molecule is CC1=C(C(=O)[O-])N2C(=O)[C@@H](NC(=O)Cc3ccccc3)[C@H]2SC1. The number of nitrogens with zero attached hydrogens (tertiary/aromatic N) is 1. The summed E-state index contributed by atoms with van der Waals surface area (Å²) in [5.74, 6) is -1.50. The van der Waals surface area contributed by atoms with Crippen LogP contribution >= 0.6 is 11.8 Å². The number of fused-ring (bicyclic) bond motifs is 1. The fourth-order valence-electron chi connectivity index (χ4n) is 2.77. The maximum absolute atomic E-state index is 12.2. The standard InChI is InChI=1S/C16H16N2O4S/c1-9-8-23-15-12(14(20)18(15)13(9)16(21)22)17-11(19)7-10-5-3-2-4-6-10/h2-6,12,15H,7-8H2,1H3,(H,17,19)(H,21,22)/p-1/t12-,15-/m1/s1. The van der Waals surface area contributed by atoms with Gasteiger partial charge in [0.1, 0.15) is 11.4 Å². The zero-order valence-electron chi connectivity index (χ0n) is 12.4. The van der Waals surface area contributed by atoms with Crippen LogP contribution in [0.5, 0.6) is 0 Å². The van der Waals surface area contributed by atoms with E-state index in [0.29, 0.717) is 11.3 Å². The van der Waals surface area contributed by atoms with Crippen LogP contribution in [0.25, 0.3) is 0 Å². The number of carbonyl (C=O) groups excluding carboxylic acids is 3. The number of rotatable bonds is 4. The van der Waals surface area contributed by atoms with E-state index < -0.39 is 17.9 Å². The van der Waals surface area contributed by atoms with Gasteiger partial charge in [-0.25, -0.2) is 0 Å². The molecule has 120 valence electrons. The third-order valence-corrected chi connectivity index (χ3v) is 5.30. The normalized spacial score (nSPS) is 23.2. The van der Waals surface area contributed by atoms with E-state index in [1.165, 1.54) is 16.7 Å². The van der Waals surface area contributed by atoms with E-state index in [1.54, 1.807) is 6.92 Å².